The lowest BCUT2D eigenvalue weighted by Crippen LogP contribution is -2.43. The second kappa shape index (κ2) is 8.50. The van der Waals surface area contributed by atoms with Gasteiger partial charge in [0.15, 0.2) is 0 Å². The summed E-state index contributed by atoms with van der Waals surface area (Å²) >= 11 is 0. The fourth-order valence-electron chi connectivity index (χ4n) is 4.16. The highest BCUT2D eigenvalue weighted by Crippen LogP contribution is 2.27. The van der Waals surface area contributed by atoms with Crippen LogP contribution in [0.1, 0.15) is 23.4 Å². The number of benzene rings is 1. The minimum atomic E-state index is -0.197. The zero-order valence-corrected chi connectivity index (χ0v) is 15.8. The number of halogens is 1. The minimum absolute atomic E-state index is 0.197. The van der Waals surface area contributed by atoms with Gasteiger partial charge in [-0.05, 0) is 37.0 Å². The first-order chi connectivity index (χ1) is 13.2. The van der Waals surface area contributed by atoms with Crippen LogP contribution < -0.4 is 0 Å². The van der Waals surface area contributed by atoms with Gasteiger partial charge < -0.3 is 14.0 Å². The number of nitrogens with zero attached hydrogens (tertiary/aromatic N) is 2. The summed E-state index contributed by atoms with van der Waals surface area (Å²) in [6, 6.07) is 9.12. The fourth-order valence-corrected chi connectivity index (χ4v) is 4.16. The Balaban J connectivity index is 1.49. The zero-order chi connectivity index (χ0) is 18.6. The highest BCUT2D eigenvalue weighted by Gasteiger charge is 2.35. The van der Waals surface area contributed by atoms with Gasteiger partial charge >= 0.3 is 0 Å². The van der Waals surface area contributed by atoms with Crippen molar-refractivity contribution in [2.24, 2.45) is 11.8 Å². The molecule has 0 saturated carbocycles. The standard InChI is InChI=1S/C21H27FN2O3/c1-15-8-20(27-23-15)9-18-13-26-14-21(18)24(11-17-6-7-25-12-17)10-16-2-4-19(22)5-3-16/h2-5,8,17-18,21H,6-7,9-14H2,1H3/t17-,18+,21+/m0/s1. The third kappa shape index (κ3) is 4.75. The van der Waals surface area contributed by atoms with Gasteiger partial charge in [-0.3, -0.25) is 4.90 Å². The fraction of sp³-hybridized carbons (Fsp3) is 0.571. The van der Waals surface area contributed by atoms with Crippen LogP contribution in [0, 0.1) is 24.6 Å². The van der Waals surface area contributed by atoms with Gasteiger partial charge in [-0.15, -0.1) is 0 Å². The second-order valence-electron chi connectivity index (χ2n) is 7.79. The van der Waals surface area contributed by atoms with E-state index < -0.39 is 0 Å². The lowest BCUT2D eigenvalue weighted by atomic mass is 9.95. The third-order valence-electron chi connectivity index (χ3n) is 5.59. The largest absolute Gasteiger partial charge is 0.381 e. The summed E-state index contributed by atoms with van der Waals surface area (Å²) in [4.78, 5) is 2.49. The first-order valence-corrected chi connectivity index (χ1v) is 9.73. The van der Waals surface area contributed by atoms with E-state index in [1.165, 1.54) is 12.1 Å². The molecule has 3 heterocycles. The molecule has 0 aliphatic carbocycles. The average Bonchev–Trinajstić information content (AvgIpc) is 3.40. The molecule has 2 fully saturated rings. The van der Waals surface area contributed by atoms with Crippen molar-refractivity contribution in [2.75, 3.05) is 33.0 Å². The van der Waals surface area contributed by atoms with Crippen LogP contribution in [0.15, 0.2) is 34.9 Å². The molecule has 0 spiro atoms. The Morgan fingerprint density at radius 1 is 1.15 bits per heavy atom. The zero-order valence-electron chi connectivity index (χ0n) is 15.8. The Morgan fingerprint density at radius 3 is 2.70 bits per heavy atom. The quantitative estimate of drug-likeness (QED) is 0.745. The van der Waals surface area contributed by atoms with Crippen LogP contribution in [0.3, 0.4) is 0 Å². The van der Waals surface area contributed by atoms with Gasteiger partial charge in [-0.2, -0.15) is 0 Å². The van der Waals surface area contributed by atoms with Gasteiger partial charge in [-0.25, -0.2) is 4.39 Å². The Morgan fingerprint density at radius 2 is 2.00 bits per heavy atom. The minimum Gasteiger partial charge on any atom is -0.381 e. The molecule has 27 heavy (non-hydrogen) atoms. The molecule has 0 bridgehead atoms. The Labute approximate surface area is 159 Å². The van der Waals surface area contributed by atoms with E-state index in [1.54, 1.807) is 0 Å². The van der Waals surface area contributed by atoms with Crippen molar-refractivity contribution in [1.29, 1.82) is 0 Å². The van der Waals surface area contributed by atoms with E-state index in [1.807, 2.05) is 25.1 Å². The normalized spacial score (nSPS) is 25.5. The van der Waals surface area contributed by atoms with Crippen molar-refractivity contribution in [1.82, 2.24) is 10.1 Å². The smallest absolute Gasteiger partial charge is 0.137 e. The van der Waals surface area contributed by atoms with Crippen molar-refractivity contribution in [3.8, 4) is 0 Å². The van der Waals surface area contributed by atoms with Crippen molar-refractivity contribution in [3.05, 3.63) is 53.2 Å². The number of aryl methyl sites for hydroxylation is 1. The molecule has 1 aromatic carbocycles. The predicted octanol–water partition coefficient (Wildman–Crippen LogP) is 3.22. The van der Waals surface area contributed by atoms with E-state index in [2.05, 4.69) is 10.1 Å². The summed E-state index contributed by atoms with van der Waals surface area (Å²) in [5.74, 6) is 1.62. The molecule has 2 saturated heterocycles. The van der Waals surface area contributed by atoms with Crippen molar-refractivity contribution in [2.45, 2.75) is 32.4 Å². The highest BCUT2D eigenvalue weighted by atomic mass is 19.1. The number of hydrogen-bond acceptors (Lipinski definition) is 5. The Bertz CT molecular complexity index is 727. The summed E-state index contributed by atoms with van der Waals surface area (Å²) in [6.07, 6.45) is 1.92. The van der Waals surface area contributed by atoms with Crippen molar-refractivity contribution < 1.29 is 18.4 Å². The number of rotatable bonds is 7. The van der Waals surface area contributed by atoms with Gasteiger partial charge in [0, 0.05) is 44.1 Å². The van der Waals surface area contributed by atoms with Crippen LogP contribution in [0.5, 0.6) is 0 Å². The number of hydrogen-bond donors (Lipinski definition) is 0. The van der Waals surface area contributed by atoms with Crippen LogP contribution >= 0.6 is 0 Å². The molecule has 4 rings (SSSR count). The second-order valence-corrected chi connectivity index (χ2v) is 7.79. The SMILES string of the molecule is Cc1cc(C[C@@H]2COC[C@H]2N(Cc2ccc(F)cc2)C[C@@H]2CCOC2)on1. The molecule has 2 aliphatic heterocycles. The summed E-state index contributed by atoms with van der Waals surface area (Å²) in [5, 5.41) is 4.01. The molecule has 3 atom stereocenters. The van der Waals surface area contributed by atoms with Crippen molar-refractivity contribution >= 4 is 0 Å². The molecule has 2 aromatic rings. The van der Waals surface area contributed by atoms with Gasteiger partial charge in [0.05, 0.1) is 25.5 Å². The van der Waals surface area contributed by atoms with E-state index in [4.69, 9.17) is 14.0 Å². The lowest BCUT2D eigenvalue weighted by molar-refractivity contribution is 0.108. The Hall–Kier alpha value is -1.76. The van der Waals surface area contributed by atoms with Gasteiger partial charge in [0.2, 0.25) is 0 Å². The molecule has 6 heteroatoms. The van der Waals surface area contributed by atoms with E-state index in [0.717, 1.165) is 62.8 Å². The van der Waals surface area contributed by atoms with E-state index in [-0.39, 0.29) is 5.82 Å². The first kappa shape index (κ1) is 18.6. The monoisotopic (exact) mass is 374 g/mol. The summed E-state index contributed by atoms with van der Waals surface area (Å²) in [5.41, 5.74) is 2.03. The van der Waals surface area contributed by atoms with Crippen LogP contribution in [-0.2, 0) is 22.4 Å². The summed E-state index contributed by atoms with van der Waals surface area (Å²) < 4.78 is 30.2. The van der Waals surface area contributed by atoms with Crippen LogP contribution in [0.25, 0.3) is 0 Å². The maximum absolute atomic E-state index is 13.3. The van der Waals surface area contributed by atoms with Crippen molar-refractivity contribution in [3.63, 3.8) is 0 Å². The summed E-state index contributed by atoms with van der Waals surface area (Å²) in [6.45, 7) is 6.80. The van der Waals surface area contributed by atoms with Gasteiger partial charge in [0.1, 0.15) is 11.6 Å². The van der Waals surface area contributed by atoms with Crippen LogP contribution in [-0.4, -0.2) is 49.1 Å². The highest BCUT2D eigenvalue weighted by molar-refractivity contribution is 5.16. The summed E-state index contributed by atoms with van der Waals surface area (Å²) in [7, 11) is 0. The van der Waals surface area contributed by atoms with Gasteiger partial charge in [0.25, 0.3) is 0 Å². The number of aromatic nitrogens is 1. The van der Waals surface area contributed by atoms with Crippen LogP contribution in [0.2, 0.25) is 0 Å². The first-order valence-electron chi connectivity index (χ1n) is 9.73. The molecule has 0 amide bonds. The van der Waals surface area contributed by atoms with Gasteiger partial charge in [-0.1, -0.05) is 17.3 Å². The number of ether oxygens (including phenoxy) is 2. The molecule has 5 nitrogen and oxygen atoms in total. The molecule has 2 aliphatic rings. The topological polar surface area (TPSA) is 47.7 Å². The molecular formula is C21H27FN2O3. The Kier molecular flexibility index (Phi) is 5.86. The van der Waals surface area contributed by atoms with E-state index in [9.17, 15) is 4.39 Å². The average molecular weight is 374 g/mol. The molecule has 0 radical (unpaired) electrons. The molecular weight excluding hydrogens is 347 g/mol. The molecule has 0 N–H and O–H groups in total. The van der Waals surface area contributed by atoms with Crippen LogP contribution in [0.4, 0.5) is 4.39 Å². The maximum atomic E-state index is 13.3. The van der Waals surface area contributed by atoms with E-state index in [0.29, 0.717) is 24.5 Å². The van der Waals surface area contributed by atoms with E-state index >= 15 is 0 Å². The predicted molar refractivity (Wildman–Crippen MR) is 98.8 cm³/mol. The molecule has 146 valence electrons. The third-order valence-corrected chi connectivity index (χ3v) is 5.59. The molecule has 0 unspecified atom stereocenters. The lowest BCUT2D eigenvalue weighted by Gasteiger charge is -2.33. The maximum Gasteiger partial charge on any atom is 0.137 e. The molecule has 1 aromatic heterocycles.